The number of likely N-dealkylation sites (N-methyl/N-ethyl adjacent to an activating group) is 1. The van der Waals surface area contributed by atoms with Gasteiger partial charge in [0.2, 0.25) is 0 Å². The molecular weight excluding hydrogens is 216 g/mol. The third kappa shape index (κ3) is 2.49. The molecular formula is C13H18N2O2. The second kappa shape index (κ2) is 4.14. The van der Waals surface area contributed by atoms with E-state index in [1.54, 1.807) is 0 Å². The van der Waals surface area contributed by atoms with Gasteiger partial charge in [-0.1, -0.05) is 18.2 Å². The number of aliphatic hydroxyl groups is 1. The van der Waals surface area contributed by atoms with E-state index in [0.717, 1.165) is 16.5 Å². The van der Waals surface area contributed by atoms with Crippen LogP contribution in [0.1, 0.15) is 11.7 Å². The maximum Gasteiger partial charge on any atom is 0.130 e. The van der Waals surface area contributed by atoms with E-state index >= 15 is 0 Å². The molecule has 1 aromatic heterocycles. The first-order valence-electron chi connectivity index (χ1n) is 5.64. The zero-order chi connectivity index (χ0) is 12.6. The van der Waals surface area contributed by atoms with E-state index in [2.05, 4.69) is 0 Å². The van der Waals surface area contributed by atoms with Gasteiger partial charge in [0, 0.05) is 29.7 Å². The van der Waals surface area contributed by atoms with Crippen LogP contribution >= 0.6 is 0 Å². The molecule has 0 radical (unpaired) electrons. The van der Waals surface area contributed by atoms with Crippen LogP contribution in [0, 0.1) is 5.21 Å². The molecule has 1 unspecified atom stereocenters. The number of hydrogen-bond acceptors (Lipinski definition) is 2. The van der Waals surface area contributed by atoms with Crippen molar-refractivity contribution in [2.45, 2.75) is 6.10 Å². The monoisotopic (exact) mass is 234 g/mol. The van der Waals surface area contributed by atoms with Crippen LogP contribution < -0.4 is 0 Å². The van der Waals surface area contributed by atoms with Crippen molar-refractivity contribution in [3.63, 3.8) is 0 Å². The second-order valence-electron chi connectivity index (χ2n) is 4.98. The van der Waals surface area contributed by atoms with Gasteiger partial charge < -0.3 is 19.5 Å². The molecule has 0 fully saturated rings. The van der Waals surface area contributed by atoms with Crippen molar-refractivity contribution in [2.75, 3.05) is 20.6 Å². The average molecular weight is 234 g/mol. The lowest BCUT2D eigenvalue weighted by Gasteiger charge is -2.35. The van der Waals surface area contributed by atoms with Gasteiger partial charge in [0.1, 0.15) is 12.6 Å². The zero-order valence-corrected chi connectivity index (χ0v) is 10.4. The topological polar surface area (TPSA) is 48.2 Å². The number of hydrogen-bond donors (Lipinski definition) is 1. The number of aliphatic hydroxyl groups excluding tert-OH is 1. The molecule has 0 bridgehead atoms. The molecule has 0 aliphatic heterocycles. The summed E-state index contributed by atoms with van der Waals surface area (Å²) in [5.41, 5.74) is 1.89. The van der Waals surface area contributed by atoms with Gasteiger partial charge >= 0.3 is 0 Å². The number of quaternary nitrogens is 1. The van der Waals surface area contributed by atoms with Gasteiger partial charge in [0.15, 0.2) is 0 Å². The number of fused-ring (bicyclic) bond motifs is 1. The van der Waals surface area contributed by atoms with Gasteiger partial charge in [-0.25, -0.2) is 0 Å². The molecule has 1 heterocycles. The van der Waals surface area contributed by atoms with Crippen molar-refractivity contribution in [1.82, 2.24) is 4.57 Å². The van der Waals surface area contributed by atoms with Crippen LogP contribution in [0.2, 0.25) is 0 Å². The minimum absolute atomic E-state index is 0.161. The van der Waals surface area contributed by atoms with Crippen LogP contribution in [0.4, 0.5) is 0 Å². The highest BCUT2D eigenvalue weighted by Crippen LogP contribution is 2.26. The Morgan fingerprint density at radius 3 is 2.65 bits per heavy atom. The predicted octanol–water partition coefficient (Wildman–Crippen LogP) is 1.79. The molecule has 1 N–H and O–H groups in total. The molecule has 17 heavy (non-hydrogen) atoms. The summed E-state index contributed by atoms with van der Waals surface area (Å²) in [7, 11) is 5.01. The molecule has 0 aliphatic rings. The van der Waals surface area contributed by atoms with E-state index in [-0.39, 0.29) is 6.54 Å². The fraction of sp³-hybridized carbons (Fsp3) is 0.385. The van der Waals surface area contributed by atoms with Crippen molar-refractivity contribution in [3.8, 4) is 0 Å². The second-order valence-corrected chi connectivity index (χ2v) is 4.98. The van der Waals surface area contributed by atoms with E-state index < -0.39 is 10.8 Å². The van der Waals surface area contributed by atoms with Crippen molar-refractivity contribution in [2.24, 2.45) is 7.05 Å². The number of benzene rings is 1. The standard InChI is InChI=1S/C13H18N2O2/c1-14-8-11(13(16)9-15(2,3)17)10-6-4-5-7-12(10)14/h4-8,13,16H,9H2,1-3H3. The molecule has 0 saturated carbocycles. The number of nitrogens with zero attached hydrogens (tertiary/aromatic N) is 2. The number of aryl methyl sites for hydroxylation is 1. The Kier molecular flexibility index (Phi) is 2.95. The molecule has 0 spiro atoms. The summed E-state index contributed by atoms with van der Waals surface area (Å²) in [6.45, 7) is 0.161. The van der Waals surface area contributed by atoms with Crippen LogP contribution in [0.3, 0.4) is 0 Å². The van der Waals surface area contributed by atoms with Crippen LogP contribution in [-0.4, -0.2) is 35.0 Å². The van der Waals surface area contributed by atoms with Crippen LogP contribution in [0.15, 0.2) is 30.5 Å². The summed E-state index contributed by atoms with van der Waals surface area (Å²) in [6.07, 6.45) is 1.17. The number of hydroxylamine groups is 3. The molecule has 0 amide bonds. The first-order valence-corrected chi connectivity index (χ1v) is 5.64. The van der Waals surface area contributed by atoms with E-state index in [1.165, 1.54) is 14.1 Å². The summed E-state index contributed by atoms with van der Waals surface area (Å²) in [5.74, 6) is 0. The smallest absolute Gasteiger partial charge is 0.130 e. The number of rotatable bonds is 3. The van der Waals surface area contributed by atoms with Gasteiger partial charge in [-0.05, 0) is 6.07 Å². The quantitative estimate of drug-likeness (QED) is 0.650. The molecule has 2 aromatic rings. The van der Waals surface area contributed by atoms with Crippen LogP contribution in [0.5, 0.6) is 0 Å². The first kappa shape index (κ1) is 12.1. The Morgan fingerprint density at radius 2 is 2.00 bits per heavy atom. The fourth-order valence-electron chi connectivity index (χ4n) is 2.15. The van der Waals surface area contributed by atoms with Crippen LogP contribution in [0.25, 0.3) is 10.9 Å². The Balaban J connectivity index is 2.42. The van der Waals surface area contributed by atoms with E-state index in [0.29, 0.717) is 0 Å². The zero-order valence-electron chi connectivity index (χ0n) is 10.4. The van der Waals surface area contributed by atoms with Gasteiger partial charge in [-0.15, -0.1) is 0 Å². The average Bonchev–Trinajstić information content (AvgIpc) is 2.55. The summed E-state index contributed by atoms with van der Waals surface area (Å²) in [5, 5.41) is 22.7. The predicted molar refractivity (Wildman–Crippen MR) is 68.2 cm³/mol. The SMILES string of the molecule is Cn1cc(C(O)C[N+](C)(C)[O-])c2ccccc21. The van der Waals surface area contributed by atoms with Crippen molar-refractivity contribution in [3.05, 3.63) is 41.2 Å². The molecule has 1 aromatic carbocycles. The highest BCUT2D eigenvalue weighted by molar-refractivity contribution is 5.84. The lowest BCUT2D eigenvalue weighted by Crippen LogP contribution is -2.36. The maximum absolute atomic E-state index is 11.6. The molecule has 4 heteroatoms. The molecule has 0 aliphatic carbocycles. The molecule has 4 nitrogen and oxygen atoms in total. The number of aromatic nitrogens is 1. The molecule has 0 saturated heterocycles. The van der Waals surface area contributed by atoms with Gasteiger partial charge in [-0.2, -0.15) is 0 Å². The van der Waals surface area contributed by atoms with Crippen LogP contribution in [-0.2, 0) is 7.05 Å². The summed E-state index contributed by atoms with van der Waals surface area (Å²) in [4.78, 5) is 0. The highest BCUT2D eigenvalue weighted by Gasteiger charge is 2.19. The highest BCUT2D eigenvalue weighted by atomic mass is 16.5. The lowest BCUT2D eigenvalue weighted by molar-refractivity contribution is -0.844. The minimum atomic E-state index is -0.728. The van der Waals surface area contributed by atoms with Gasteiger partial charge in [0.25, 0.3) is 0 Å². The van der Waals surface area contributed by atoms with E-state index in [9.17, 15) is 10.3 Å². The third-order valence-corrected chi connectivity index (χ3v) is 2.90. The fourth-order valence-corrected chi connectivity index (χ4v) is 2.15. The maximum atomic E-state index is 11.6. The van der Waals surface area contributed by atoms with Gasteiger partial charge in [-0.3, -0.25) is 0 Å². The summed E-state index contributed by atoms with van der Waals surface area (Å²) >= 11 is 0. The van der Waals surface area contributed by atoms with Crippen molar-refractivity contribution < 1.29 is 9.75 Å². The molecule has 92 valence electrons. The first-order chi connectivity index (χ1) is 7.88. The van der Waals surface area contributed by atoms with Crippen molar-refractivity contribution >= 4 is 10.9 Å². The Bertz CT molecular complexity index is 526. The Hall–Kier alpha value is -1.36. The minimum Gasteiger partial charge on any atom is -0.633 e. The Morgan fingerprint density at radius 1 is 1.35 bits per heavy atom. The summed E-state index contributed by atoms with van der Waals surface area (Å²) in [6, 6.07) is 7.88. The molecule has 2 rings (SSSR count). The van der Waals surface area contributed by atoms with E-state index in [4.69, 9.17) is 0 Å². The largest absolute Gasteiger partial charge is 0.633 e. The van der Waals surface area contributed by atoms with E-state index in [1.807, 2.05) is 42.1 Å². The third-order valence-electron chi connectivity index (χ3n) is 2.90. The van der Waals surface area contributed by atoms with Gasteiger partial charge in [0.05, 0.1) is 14.1 Å². The summed E-state index contributed by atoms with van der Waals surface area (Å²) < 4.78 is 1.48. The van der Waals surface area contributed by atoms with Crippen molar-refractivity contribution in [1.29, 1.82) is 0 Å². The Labute approximate surface area is 101 Å². The normalized spacial score (nSPS) is 14.2. The lowest BCUT2D eigenvalue weighted by atomic mass is 10.1. The molecule has 1 atom stereocenters. The number of para-hydroxylation sites is 1.